The van der Waals surface area contributed by atoms with Gasteiger partial charge >= 0.3 is 5.97 Å². The Labute approximate surface area is 175 Å². The summed E-state index contributed by atoms with van der Waals surface area (Å²) >= 11 is 0. The second kappa shape index (κ2) is 11.9. The van der Waals surface area contributed by atoms with E-state index in [-0.39, 0.29) is 24.6 Å². The minimum atomic E-state index is -0.851. The molecule has 3 N–H and O–H groups in total. The highest BCUT2D eigenvalue weighted by Gasteiger charge is 2.22. The molecule has 8 heteroatoms. The Kier molecular flexibility index (Phi) is 8.92. The first-order chi connectivity index (χ1) is 14.5. The molecule has 0 aliphatic carbocycles. The van der Waals surface area contributed by atoms with Crippen LogP contribution in [0.3, 0.4) is 0 Å². The Bertz CT molecular complexity index is 923. The monoisotopic (exact) mass is 411 g/mol. The average molecular weight is 411 g/mol. The van der Waals surface area contributed by atoms with Crippen LogP contribution in [0.2, 0.25) is 0 Å². The van der Waals surface area contributed by atoms with Crippen LogP contribution in [0.5, 0.6) is 5.75 Å². The Balaban J connectivity index is 2.10. The molecule has 0 atom stereocenters. The van der Waals surface area contributed by atoms with Crippen molar-refractivity contribution in [1.29, 1.82) is 0 Å². The van der Waals surface area contributed by atoms with Crippen LogP contribution < -0.4 is 10.5 Å². The normalized spacial score (nSPS) is 12.4. The lowest BCUT2D eigenvalue weighted by Gasteiger charge is -2.08. The summed E-state index contributed by atoms with van der Waals surface area (Å²) in [6.07, 6.45) is 1.45. The van der Waals surface area contributed by atoms with E-state index in [1.807, 2.05) is 48.5 Å². The number of esters is 1. The van der Waals surface area contributed by atoms with Gasteiger partial charge in [-0.2, -0.15) is 5.10 Å². The third kappa shape index (κ3) is 6.97. The highest BCUT2D eigenvalue weighted by molar-refractivity contribution is 6.18. The van der Waals surface area contributed by atoms with Gasteiger partial charge in [0.05, 0.1) is 19.4 Å². The van der Waals surface area contributed by atoms with E-state index in [4.69, 9.17) is 19.9 Å². The first kappa shape index (κ1) is 22.5. The molecule has 0 heterocycles. The lowest BCUT2D eigenvalue weighted by Crippen LogP contribution is -2.25. The van der Waals surface area contributed by atoms with Crippen LogP contribution in [0.15, 0.2) is 76.3 Å². The van der Waals surface area contributed by atoms with Crippen LogP contribution in [0.25, 0.3) is 0 Å². The largest absolute Gasteiger partial charge is 0.489 e. The molecule has 0 aliphatic heterocycles. The number of amidine groups is 1. The molecule has 0 spiro atoms. The molecule has 0 bridgehead atoms. The van der Waals surface area contributed by atoms with Crippen LogP contribution in [-0.2, 0) is 20.9 Å². The van der Waals surface area contributed by atoms with Gasteiger partial charge in [-0.1, -0.05) is 42.5 Å². The van der Waals surface area contributed by atoms with Gasteiger partial charge in [-0.05, 0) is 37.1 Å². The molecule has 0 saturated carbocycles. The first-order valence-corrected chi connectivity index (χ1v) is 9.42. The highest BCUT2D eigenvalue weighted by atomic mass is 16.6. The zero-order chi connectivity index (χ0) is 21.8. The summed E-state index contributed by atoms with van der Waals surface area (Å²) in [4.78, 5) is 12.0. The predicted octanol–water partition coefficient (Wildman–Crippen LogP) is 3.33. The molecule has 30 heavy (non-hydrogen) atoms. The molecule has 0 unspecified atom stereocenters. The van der Waals surface area contributed by atoms with Crippen molar-refractivity contribution in [1.82, 2.24) is 0 Å². The summed E-state index contributed by atoms with van der Waals surface area (Å²) in [6.45, 7) is 3.97. The number of hydrogen-bond acceptors (Lipinski definition) is 7. The number of aliphatic hydroxyl groups excluding tert-OH is 1. The molecule has 0 aliphatic rings. The molecule has 0 saturated heterocycles. The Morgan fingerprint density at radius 3 is 2.50 bits per heavy atom. The summed E-state index contributed by atoms with van der Waals surface area (Å²) in [6, 6.07) is 17.1. The third-order valence-corrected chi connectivity index (χ3v) is 3.71. The van der Waals surface area contributed by atoms with Crippen molar-refractivity contribution in [2.45, 2.75) is 20.5 Å². The fourth-order valence-electron chi connectivity index (χ4n) is 2.35. The van der Waals surface area contributed by atoms with Crippen molar-refractivity contribution < 1.29 is 24.1 Å². The lowest BCUT2D eigenvalue weighted by molar-refractivity contribution is -0.138. The molecule has 0 aromatic heterocycles. The van der Waals surface area contributed by atoms with Crippen LogP contribution >= 0.6 is 0 Å². The second-order valence-corrected chi connectivity index (χ2v) is 5.91. The number of aliphatic hydroxyl groups is 1. The summed E-state index contributed by atoms with van der Waals surface area (Å²) in [5.41, 5.74) is 7.19. The molecule has 2 aromatic carbocycles. The number of rotatable bonds is 10. The van der Waals surface area contributed by atoms with Crippen LogP contribution in [0.1, 0.15) is 25.0 Å². The van der Waals surface area contributed by atoms with Crippen LogP contribution in [-0.4, -0.2) is 36.3 Å². The van der Waals surface area contributed by atoms with Gasteiger partial charge in [-0.25, -0.2) is 4.79 Å². The van der Waals surface area contributed by atoms with E-state index in [2.05, 4.69) is 10.2 Å². The fourth-order valence-corrected chi connectivity index (χ4v) is 2.35. The minimum absolute atomic E-state index is 0.105. The summed E-state index contributed by atoms with van der Waals surface area (Å²) < 4.78 is 15.6. The van der Waals surface area contributed by atoms with Gasteiger partial charge in [-0.15, -0.1) is 5.10 Å². The SMILES string of the molecule is CCOC(=O)C(/C(N)=N\N=C\c1cccc(OCc2ccccc2)c1)=C(\O)OCC. The maximum Gasteiger partial charge on any atom is 0.349 e. The molecule has 2 aromatic rings. The van der Waals surface area contributed by atoms with Crippen molar-refractivity contribution >= 4 is 18.0 Å². The predicted molar refractivity (Wildman–Crippen MR) is 114 cm³/mol. The number of benzene rings is 2. The zero-order valence-corrected chi connectivity index (χ0v) is 16.9. The molecule has 158 valence electrons. The summed E-state index contributed by atoms with van der Waals surface area (Å²) in [5.74, 6) is -1.17. The van der Waals surface area contributed by atoms with Crippen molar-refractivity contribution in [2.75, 3.05) is 13.2 Å². The zero-order valence-electron chi connectivity index (χ0n) is 16.9. The van der Waals surface area contributed by atoms with E-state index >= 15 is 0 Å². The first-order valence-electron chi connectivity index (χ1n) is 9.42. The topological polar surface area (TPSA) is 116 Å². The van der Waals surface area contributed by atoms with Crippen molar-refractivity contribution in [2.24, 2.45) is 15.9 Å². The van der Waals surface area contributed by atoms with Crippen LogP contribution in [0, 0.1) is 0 Å². The fraction of sp³-hybridized carbons (Fsp3) is 0.227. The minimum Gasteiger partial charge on any atom is -0.489 e. The Morgan fingerprint density at radius 2 is 1.80 bits per heavy atom. The number of nitrogens with two attached hydrogens (primary N) is 1. The smallest absolute Gasteiger partial charge is 0.349 e. The number of carbonyl (C=O) groups is 1. The van der Waals surface area contributed by atoms with Gasteiger partial charge in [0.2, 0.25) is 0 Å². The third-order valence-electron chi connectivity index (χ3n) is 3.71. The van der Waals surface area contributed by atoms with Crippen molar-refractivity contribution in [3.05, 3.63) is 77.2 Å². The second-order valence-electron chi connectivity index (χ2n) is 5.91. The maximum atomic E-state index is 12.0. The number of hydrogen-bond donors (Lipinski definition) is 2. The summed E-state index contributed by atoms with van der Waals surface area (Å²) in [7, 11) is 0. The quantitative estimate of drug-likeness (QED) is 0.155. The van der Waals surface area contributed by atoms with E-state index in [1.165, 1.54) is 6.21 Å². The van der Waals surface area contributed by atoms with E-state index in [1.54, 1.807) is 19.9 Å². The van der Waals surface area contributed by atoms with Gasteiger partial charge < -0.3 is 25.1 Å². The van der Waals surface area contributed by atoms with Crippen molar-refractivity contribution in [3.63, 3.8) is 0 Å². The van der Waals surface area contributed by atoms with E-state index in [0.29, 0.717) is 17.9 Å². The van der Waals surface area contributed by atoms with Gasteiger partial charge in [0.25, 0.3) is 5.95 Å². The standard InChI is InChI=1S/C22H25N3O5/c1-3-28-21(26)19(22(27)29-4-2)20(23)25-24-14-17-11-8-12-18(13-17)30-15-16-9-6-5-7-10-16/h5-14,26H,3-4,15H2,1-2H3,(H2,23,25)/b21-19+,24-14+. The molecule has 2 rings (SSSR count). The molecule has 8 nitrogen and oxygen atoms in total. The molecular formula is C22H25N3O5. The van der Waals surface area contributed by atoms with Gasteiger partial charge in [0.15, 0.2) is 11.4 Å². The number of nitrogens with zero attached hydrogens (tertiary/aromatic N) is 2. The van der Waals surface area contributed by atoms with Gasteiger partial charge in [-0.3, -0.25) is 0 Å². The van der Waals surface area contributed by atoms with Crippen molar-refractivity contribution in [3.8, 4) is 5.75 Å². The maximum absolute atomic E-state index is 12.0. The lowest BCUT2D eigenvalue weighted by atomic mass is 10.2. The van der Waals surface area contributed by atoms with Gasteiger partial charge in [0, 0.05) is 0 Å². The highest BCUT2D eigenvalue weighted by Crippen LogP contribution is 2.14. The average Bonchev–Trinajstić information content (AvgIpc) is 2.74. The molecule has 0 fully saturated rings. The Morgan fingerprint density at radius 1 is 1.07 bits per heavy atom. The molecular weight excluding hydrogens is 386 g/mol. The van der Waals surface area contributed by atoms with E-state index in [9.17, 15) is 9.90 Å². The Hall–Kier alpha value is -3.81. The van der Waals surface area contributed by atoms with Gasteiger partial charge in [0.1, 0.15) is 12.4 Å². The molecule has 0 radical (unpaired) electrons. The number of carbonyl (C=O) groups excluding carboxylic acids is 1. The van der Waals surface area contributed by atoms with Crippen LogP contribution in [0.4, 0.5) is 0 Å². The van der Waals surface area contributed by atoms with E-state index in [0.717, 1.165) is 5.56 Å². The molecule has 0 amide bonds. The summed E-state index contributed by atoms with van der Waals surface area (Å²) in [5, 5.41) is 17.6. The number of ether oxygens (including phenoxy) is 3. The van der Waals surface area contributed by atoms with E-state index < -0.39 is 11.9 Å².